The van der Waals surface area contributed by atoms with E-state index >= 15 is 0 Å². The van der Waals surface area contributed by atoms with E-state index in [1.54, 1.807) is 39.0 Å². The highest BCUT2D eigenvalue weighted by atomic mass is 35.5. The molecule has 174 valence electrons. The fourth-order valence-electron chi connectivity index (χ4n) is 2.86. The number of phenols is 1. The first-order valence-corrected chi connectivity index (χ1v) is 11.2. The number of unbranched alkanes of at least 4 members (excludes halogenated alkanes) is 2. The number of esters is 2. The molecule has 2 rings (SSSR count). The number of rotatable bonds is 9. The lowest BCUT2D eigenvalue weighted by atomic mass is 10.1. The van der Waals surface area contributed by atoms with Crippen molar-refractivity contribution in [3.05, 3.63) is 51.5 Å². The molecule has 0 amide bonds. The van der Waals surface area contributed by atoms with Crippen LogP contribution in [-0.4, -0.2) is 22.6 Å². The topological polar surface area (TPSA) is 84.9 Å². The van der Waals surface area contributed by atoms with Gasteiger partial charge >= 0.3 is 11.9 Å². The highest BCUT2D eigenvalue weighted by Gasteiger charge is 2.23. The van der Waals surface area contributed by atoms with Crippen LogP contribution in [0.5, 0.6) is 11.5 Å². The molecule has 0 radical (unpaired) electrons. The molecule has 8 heteroatoms. The van der Waals surface area contributed by atoms with E-state index < -0.39 is 17.5 Å². The zero-order valence-corrected chi connectivity index (χ0v) is 20.3. The fraction of sp³-hybridized carbons (Fsp3) is 0.417. The summed E-state index contributed by atoms with van der Waals surface area (Å²) in [5.41, 5.74) is 0.531. The van der Waals surface area contributed by atoms with Gasteiger partial charge in [-0.15, -0.1) is 0 Å². The molecule has 32 heavy (non-hydrogen) atoms. The lowest BCUT2D eigenvalue weighted by molar-refractivity contribution is -0.134. The maximum atomic E-state index is 12.6. The molecule has 6 nitrogen and oxygen atoms in total. The van der Waals surface area contributed by atoms with Crippen LogP contribution in [0.1, 0.15) is 69.3 Å². The third-order valence-corrected chi connectivity index (χ3v) is 4.91. The smallest absolute Gasteiger partial charge is 0.342 e. The Hall–Kier alpha value is -2.44. The molecule has 0 aliphatic heterocycles. The number of phenolic OH excluding ortho intramolecular Hbond substituents is 1. The maximum absolute atomic E-state index is 12.6. The Morgan fingerprint density at radius 2 is 1.81 bits per heavy atom. The van der Waals surface area contributed by atoms with Crippen molar-refractivity contribution in [2.24, 2.45) is 0 Å². The number of benzene rings is 2. The molecule has 0 bridgehead atoms. The summed E-state index contributed by atoms with van der Waals surface area (Å²) in [5, 5.41) is 13.8. The van der Waals surface area contributed by atoms with Gasteiger partial charge in [0.2, 0.25) is 0 Å². The largest absolute Gasteiger partial charge is 0.506 e. The SMILES string of the molecule is CCCCCC(=O)Oc1cc(NCc2cc(Cl)cc(Cl)c2O)ccc1C(=O)OC(C)(C)C. The standard InChI is InChI=1S/C24H29Cl2NO5/c1-5-6-7-8-21(28)31-20-13-17(9-10-18(20)23(30)32-24(2,3)4)27-14-15-11-16(25)12-19(26)22(15)29/h9-13,27,29H,5-8,14H2,1-4H3. The normalized spacial score (nSPS) is 11.2. The number of aromatic hydroxyl groups is 1. The van der Waals surface area contributed by atoms with Gasteiger partial charge in [0, 0.05) is 35.3 Å². The van der Waals surface area contributed by atoms with Gasteiger partial charge in [-0.3, -0.25) is 4.79 Å². The van der Waals surface area contributed by atoms with E-state index in [0.717, 1.165) is 12.8 Å². The van der Waals surface area contributed by atoms with Gasteiger partial charge < -0.3 is 19.9 Å². The average Bonchev–Trinajstić information content (AvgIpc) is 2.68. The summed E-state index contributed by atoms with van der Waals surface area (Å²) in [4.78, 5) is 24.9. The van der Waals surface area contributed by atoms with Crippen molar-refractivity contribution in [1.29, 1.82) is 0 Å². The van der Waals surface area contributed by atoms with Crippen LogP contribution in [0.4, 0.5) is 5.69 Å². The van der Waals surface area contributed by atoms with Crippen molar-refractivity contribution in [2.45, 2.75) is 65.5 Å². The highest BCUT2D eigenvalue weighted by Crippen LogP contribution is 2.32. The molecule has 0 saturated carbocycles. The van der Waals surface area contributed by atoms with Gasteiger partial charge in [0.1, 0.15) is 22.7 Å². The Morgan fingerprint density at radius 3 is 2.47 bits per heavy atom. The van der Waals surface area contributed by atoms with E-state index in [1.165, 1.54) is 12.1 Å². The Kier molecular flexibility index (Phi) is 9.22. The zero-order valence-electron chi connectivity index (χ0n) is 18.8. The van der Waals surface area contributed by atoms with Crippen LogP contribution in [0.25, 0.3) is 0 Å². The number of carbonyl (C=O) groups excluding carboxylic acids is 2. The molecule has 0 spiro atoms. The molecular weight excluding hydrogens is 453 g/mol. The number of anilines is 1. The molecule has 0 saturated heterocycles. The Balaban J connectivity index is 2.25. The summed E-state index contributed by atoms with van der Waals surface area (Å²) in [6.45, 7) is 7.55. The van der Waals surface area contributed by atoms with Crippen LogP contribution >= 0.6 is 23.2 Å². The summed E-state index contributed by atoms with van der Waals surface area (Å²) in [5.74, 6) is -0.963. The zero-order chi connectivity index (χ0) is 23.9. The first kappa shape index (κ1) is 25.8. The number of hydrogen-bond donors (Lipinski definition) is 2. The van der Waals surface area contributed by atoms with Gasteiger partial charge in [-0.05, 0) is 51.5 Å². The minimum Gasteiger partial charge on any atom is -0.506 e. The second-order valence-corrected chi connectivity index (χ2v) is 9.24. The van der Waals surface area contributed by atoms with E-state index in [9.17, 15) is 14.7 Å². The van der Waals surface area contributed by atoms with Crippen molar-refractivity contribution < 1.29 is 24.2 Å². The predicted molar refractivity (Wildman–Crippen MR) is 127 cm³/mol. The lowest BCUT2D eigenvalue weighted by Gasteiger charge is -2.21. The van der Waals surface area contributed by atoms with Crippen molar-refractivity contribution in [2.75, 3.05) is 5.32 Å². The van der Waals surface area contributed by atoms with Crippen LogP contribution < -0.4 is 10.1 Å². The van der Waals surface area contributed by atoms with Crippen molar-refractivity contribution >= 4 is 40.8 Å². The molecule has 2 aromatic rings. The van der Waals surface area contributed by atoms with Crippen LogP contribution in [0.15, 0.2) is 30.3 Å². The molecule has 0 atom stereocenters. The maximum Gasteiger partial charge on any atom is 0.342 e. The summed E-state index contributed by atoms with van der Waals surface area (Å²) >= 11 is 12.0. The van der Waals surface area contributed by atoms with Crippen LogP contribution in [0.3, 0.4) is 0 Å². The van der Waals surface area contributed by atoms with Crippen LogP contribution in [-0.2, 0) is 16.1 Å². The summed E-state index contributed by atoms with van der Waals surface area (Å²) in [7, 11) is 0. The molecular formula is C24H29Cl2NO5. The Labute approximate surface area is 198 Å². The molecule has 0 aliphatic carbocycles. The Bertz CT molecular complexity index is 970. The van der Waals surface area contributed by atoms with E-state index in [-0.39, 0.29) is 35.1 Å². The molecule has 0 aliphatic rings. The average molecular weight is 482 g/mol. The molecule has 0 unspecified atom stereocenters. The number of nitrogens with one attached hydrogen (secondary N) is 1. The molecule has 0 aromatic heterocycles. The van der Waals surface area contributed by atoms with Gasteiger partial charge in [-0.1, -0.05) is 43.0 Å². The molecule has 2 aromatic carbocycles. The van der Waals surface area contributed by atoms with Gasteiger partial charge in [0.25, 0.3) is 0 Å². The first-order chi connectivity index (χ1) is 15.0. The fourth-order valence-corrected chi connectivity index (χ4v) is 3.40. The van der Waals surface area contributed by atoms with Crippen LogP contribution in [0.2, 0.25) is 10.0 Å². The number of carbonyl (C=O) groups is 2. The third kappa shape index (κ3) is 7.92. The van der Waals surface area contributed by atoms with Gasteiger partial charge in [0.05, 0.1) is 5.02 Å². The van der Waals surface area contributed by atoms with E-state index in [4.69, 9.17) is 32.7 Å². The first-order valence-electron chi connectivity index (χ1n) is 10.5. The molecule has 0 fully saturated rings. The Morgan fingerprint density at radius 1 is 1.09 bits per heavy atom. The van der Waals surface area contributed by atoms with Gasteiger partial charge in [-0.2, -0.15) is 0 Å². The highest BCUT2D eigenvalue weighted by molar-refractivity contribution is 6.35. The second-order valence-electron chi connectivity index (χ2n) is 8.39. The minimum absolute atomic E-state index is 0.0727. The lowest BCUT2D eigenvalue weighted by Crippen LogP contribution is -2.24. The molecule has 2 N–H and O–H groups in total. The summed E-state index contributed by atoms with van der Waals surface area (Å²) < 4.78 is 11.0. The van der Waals surface area contributed by atoms with Crippen molar-refractivity contribution in [3.8, 4) is 11.5 Å². The monoisotopic (exact) mass is 481 g/mol. The number of ether oxygens (including phenoxy) is 2. The molecule has 0 heterocycles. The minimum atomic E-state index is -0.695. The second kappa shape index (κ2) is 11.4. The van der Waals surface area contributed by atoms with Gasteiger partial charge in [0.15, 0.2) is 0 Å². The quantitative estimate of drug-likeness (QED) is 0.234. The number of hydrogen-bond acceptors (Lipinski definition) is 6. The van der Waals surface area contributed by atoms with E-state index in [1.807, 2.05) is 6.92 Å². The van der Waals surface area contributed by atoms with Gasteiger partial charge in [-0.25, -0.2) is 4.79 Å². The number of halogens is 2. The van der Waals surface area contributed by atoms with E-state index in [0.29, 0.717) is 22.7 Å². The third-order valence-electron chi connectivity index (χ3n) is 4.40. The van der Waals surface area contributed by atoms with E-state index in [2.05, 4.69) is 5.32 Å². The summed E-state index contributed by atoms with van der Waals surface area (Å²) in [6, 6.07) is 7.81. The predicted octanol–water partition coefficient (Wildman–Crippen LogP) is 6.75. The van der Waals surface area contributed by atoms with Crippen LogP contribution in [0, 0.1) is 0 Å². The van der Waals surface area contributed by atoms with Crippen molar-refractivity contribution in [3.63, 3.8) is 0 Å². The van der Waals surface area contributed by atoms with Crippen molar-refractivity contribution in [1.82, 2.24) is 0 Å². The summed E-state index contributed by atoms with van der Waals surface area (Å²) in [6.07, 6.45) is 2.87.